The first-order valence-electron chi connectivity index (χ1n) is 4.94. The van der Waals surface area contributed by atoms with Crippen LogP contribution in [0.5, 0.6) is 0 Å². The molecule has 0 aliphatic rings. The van der Waals surface area contributed by atoms with Gasteiger partial charge in [-0.3, -0.25) is 4.79 Å². The van der Waals surface area contributed by atoms with Gasteiger partial charge in [0, 0.05) is 4.47 Å². The highest BCUT2D eigenvalue weighted by Crippen LogP contribution is 2.34. The molecule has 0 radical (unpaired) electrons. The third kappa shape index (κ3) is 2.44. The Morgan fingerprint density at radius 1 is 1.44 bits per heavy atom. The number of rotatable bonds is 3. The van der Waals surface area contributed by atoms with Crippen molar-refractivity contribution in [1.82, 2.24) is 0 Å². The van der Waals surface area contributed by atoms with Crippen molar-refractivity contribution in [2.24, 2.45) is 5.41 Å². The van der Waals surface area contributed by atoms with Crippen LogP contribution in [0.4, 0.5) is 0 Å². The molecule has 0 bridgehead atoms. The van der Waals surface area contributed by atoms with Gasteiger partial charge >= 0.3 is 5.97 Å². The Hall–Kier alpha value is -0.870. The van der Waals surface area contributed by atoms with Crippen molar-refractivity contribution in [2.45, 2.75) is 26.9 Å². The molecule has 1 aromatic rings. The quantitative estimate of drug-likeness (QED) is 0.898. The topological polar surface area (TPSA) is 57.5 Å². The van der Waals surface area contributed by atoms with Gasteiger partial charge < -0.3 is 10.2 Å². The maximum Gasteiger partial charge on any atom is 0.312 e. The number of aliphatic hydroxyl groups is 1. The third-order valence-electron chi connectivity index (χ3n) is 2.73. The lowest BCUT2D eigenvalue weighted by molar-refractivity contribution is -0.153. The minimum atomic E-state index is -1.19. The van der Waals surface area contributed by atoms with E-state index in [4.69, 9.17) is 5.11 Å². The molecule has 88 valence electrons. The minimum absolute atomic E-state index is 0.619. The number of hydrogen-bond donors (Lipinski definition) is 2. The monoisotopic (exact) mass is 286 g/mol. The van der Waals surface area contributed by atoms with E-state index in [1.54, 1.807) is 12.1 Å². The SMILES string of the molecule is Cc1cc(C(O)C(C)(C)C(=O)O)ccc1Br. The molecule has 0 fully saturated rings. The van der Waals surface area contributed by atoms with Gasteiger partial charge in [0.2, 0.25) is 0 Å². The van der Waals surface area contributed by atoms with Gasteiger partial charge in [0.25, 0.3) is 0 Å². The van der Waals surface area contributed by atoms with Crippen LogP contribution in [-0.4, -0.2) is 16.2 Å². The molecule has 0 aliphatic heterocycles. The summed E-state index contributed by atoms with van der Waals surface area (Å²) in [7, 11) is 0. The summed E-state index contributed by atoms with van der Waals surface area (Å²) in [6.07, 6.45) is -1.02. The van der Waals surface area contributed by atoms with Crippen LogP contribution in [-0.2, 0) is 4.79 Å². The van der Waals surface area contributed by atoms with Crippen LogP contribution in [0.15, 0.2) is 22.7 Å². The van der Waals surface area contributed by atoms with Gasteiger partial charge in [0.15, 0.2) is 0 Å². The van der Waals surface area contributed by atoms with Gasteiger partial charge in [-0.15, -0.1) is 0 Å². The number of aliphatic hydroxyl groups excluding tert-OH is 1. The number of hydrogen-bond acceptors (Lipinski definition) is 2. The highest BCUT2D eigenvalue weighted by Gasteiger charge is 2.36. The van der Waals surface area contributed by atoms with Crippen LogP contribution in [0.2, 0.25) is 0 Å². The molecule has 1 atom stereocenters. The van der Waals surface area contributed by atoms with Crippen LogP contribution in [0.1, 0.15) is 31.1 Å². The van der Waals surface area contributed by atoms with Crippen LogP contribution in [0, 0.1) is 12.3 Å². The lowest BCUT2D eigenvalue weighted by Gasteiger charge is -2.26. The van der Waals surface area contributed by atoms with Gasteiger partial charge in [-0.2, -0.15) is 0 Å². The fraction of sp³-hybridized carbons (Fsp3) is 0.417. The van der Waals surface area contributed by atoms with Crippen molar-refractivity contribution in [3.05, 3.63) is 33.8 Å². The molecule has 2 N–H and O–H groups in total. The van der Waals surface area contributed by atoms with E-state index < -0.39 is 17.5 Å². The molecule has 0 aliphatic carbocycles. The van der Waals surface area contributed by atoms with Crippen molar-refractivity contribution in [3.8, 4) is 0 Å². The van der Waals surface area contributed by atoms with E-state index in [1.165, 1.54) is 13.8 Å². The van der Waals surface area contributed by atoms with E-state index in [9.17, 15) is 9.90 Å². The Balaban J connectivity index is 3.10. The summed E-state index contributed by atoms with van der Waals surface area (Å²) in [6, 6.07) is 5.33. The van der Waals surface area contributed by atoms with Gasteiger partial charge in [0.05, 0.1) is 11.5 Å². The Bertz CT molecular complexity index is 413. The molecule has 0 aromatic heterocycles. The standard InChI is InChI=1S/C12H15BrO3/c1-7-6-8(4-5-9(7)13)10(14)12(2,3)11(15)16/h4-6,10,14H,1-3H3,(H,15,16). The molecule has 0 saturated heterocycles. The Labute approximate surface area is 103 Å². The number of aryl methyl sites for hydroxylation is 1. The Morgan fingerprint density at radius 2 is 2.00 bits per heavy atom. The van der Waals surface area contributed by atoms with Crippen LogP contribution in [0.25, 0.3) is 0 Å². The molecule has 0 saturated carbocycles. The van der Waals surface area contributed by atoms with Crippen molar-refractivity contribution < 1.29 is 15.0 Å². The Morgan fingerprint density at radius 3 is 2.44 bits per heavy atom. The summed E-state index contributed by atoms with van der Waals surface area (Å²) in [4.78, 5) is 11.0. The second-order valence-corrected chi connectivity index (χ2v) is 5.29. The number of carboxylic acid groups (broad SMARTS) is 1. The average molecular weight is 287 g/mol. The van der Waals surface area contributed by atoms with Gasteiger partial charge in [-0.25, -0.2) is 0 Å². The zero-order valence-electron chi connectivity index (χ0n) is 9.49. The normalized spacial score (nSPS) is 13.6. The summed E-state index contributed by atoms with van der Waals surface area (Å²) >= 11 is 3.36. The van der Waals surface area contributed by atoms with E-state index in [2.05, 4.69) is 15.9 Å². The zero-order chi connectivity index (χ0) is 12.5. The molecule has 1 aromatic carbocycles. The summed E-state index contributed by atoms with van der Waals surface area (Å²) < 4.78 is 0.941. The second kappa shape index (κ2) is 4.55. The van der Waals surface area contributed by atoms with E-state index in [0.717, 1.165) is 10.0 Å². The van der Waals surface area contributed by atoms with Crippen LogP contribution < -0.4 is 0 Å². The average Bonchev–Trinajstić information content (AvgIpc) is 2.20. The van der Waals surface area contributed by atoms with Gasteiger partial charge in [0.1, 0.15) is 0 Å². The van der Waals surface area contributed by atoms with Crippen molar-refractivity contribution >= 4 is 21.9 Å². The minimum Gasteiger partial charge on any atom is -0.481 e. The first kappa shape index (κ1) is 13.2. The van der Waals surface area contributed by atoms with Crippen molar-refractivity contribution in [1.29, 1.82) is 0 Å². The molecule has 3 nitrogen and oxygen atoms in total. The van der Waals surface area contributed by atoms with Crippen molar-refractivity contribution in [3.63, 3.8) is 0 Å². The first-order valence-corrected chi connectivity index (χ1v) is 5.73. The number of carboxylic acids is 1. The molecule has 1 unspecified atom stereocenters. The molecular formula is C12H15BrO3. The maximum absolute atomic E-state index is 11.0. The summed E-state index contributed by atoms with van der Waals surface area (Å²) in [6.45, 7) is 4.92. The molecule has 0 spiro atoms. The summed E-state index contributed by atoms with van der Waals surface area (Å²) in [5.74, 6) is -1.01. The summed E-state index contributed by atoms with van der Waals surface area (Å²) in [5, 5.41) is 19.1. The Kier molecular flexibility index (Phi) is 3.76. The summed E-state index contributed by atoms with van der Waals surface area (Å²) in [5.41, 5.74) is 0.395. The number of benzene rings is 1. The maximum atomic E-state index is 11.0. The lowest BCUT2D eigenvalue weighted by Crippen LogP contribution is -2.31. The molecule has 4 heteroatoms. The van der Waals surface area contributed by atoms with Crippen molar-refractivity contribution in [2.75, 3.05) is 0 Å². The third-order valence-corrected chi connectivity index (χ3v) is 3.62. The fourth-order valence-electron chi connectivity index (χ4n) is 1.37. The largest absolute Gasteiger partial charge is 0.481 e. The number of carbonyl (C=O) groups is 1. The molecular weight excluding hydrogens is 272 g/mol. The molecule has 0 heterocycles. The van der Waals surface area contributed by atoms with E-state index >= 15 is 0 Å². The van der Waals surface area contributed by atoms with Crippen LogP contribution in [0.3, 0.4) is 0 Å². The first-order chi connectivity index (χ1) is 7.26. The zero-order valence-corrected chi connectivity index (χ0v) is 11.1. The predicted molar refractivity (Wildman–Crippen MR) is 65.3 cm³/mol. The predicted octanol–water partition coefficient (Wildman–Crippen LogP) is 2.90. The lowest BCUT2D eigenvalue weighted by atomic mass is 9.82. The van der Waals surface area contributed by atoms with Gasteiger partial charge in [-0.1, -0.05) is 28.1 Å². The highest BCUT2D eigenvalue weighted by molar-refractivity contribution is 9.10. The molecule has 0 amide bonds. The number of halogens is 1. The molecule has 1 rings (SSSR count). The highest BCUT2D eigenvalue weighted by atomic mass is 79.9. The van der Waals surface area contributed by atoms with Crippen LogP contribution >= 0.6 is 15.9 Å². The smallest absolute Gasteiger partial charge is 0.312 e. The second-order valence-electron chi connectivity index (χ2n) is 4.44. The van der Waals surface area contributed by atoms with Gasteiger partial charge in [-0.05, 0) is 38.0 Å². The fourth-order valence-corrected chi connectivity index (χ4v) is 1.62. The van der Waals surface area contributed by atoms with E-state index in [0.29, 0.717) is 5.56 Å². The molecule has 16 heavy (non-hydrogen) atoms. The van der Waals surface area contributed by atoms with E-state index in [1.807, 2.05) is 13.0 Å². The number of aliphatic carboxylic acids is 1. The van der Waals surface area contributed by atoms with E-state index in [-0.39, 0.29) is 0 Å².